The predicted octanol–water partition coefficient (Wildman–Crippen LogP) is 5.35. The molecule has 2 aliphatic rings. The van der Waals surface area contributed by atoms with E-state index in [9.17, 15) is 24.8 Å². The molecule has 46 heavy (non-hydrogen) atoms. The summed E-state index contributed by atoms with van der Waals surface area (Å²) in [5.41, 5.74) is 1.58. The van der Waals surface area contributed by atoms with Crippen LogP contribution in [-0.2, 0) is 28.2 Å². The number of benzene rings is 3. The van der Waals surface area contributed by atoms with E-state index in [4.69, 9.17) is 4.74 Å². The molecule has 3 heterocycles. The maximum absolute atomic E-state index is 14.6. The van der Waals surface area contributed by atoms with Crippen molar-refractivity contribution in [1.29, 1.82) is 0 Å². The van der Waals surface area contributed by atoms with Gasteiger partial charge in [-0.3, -0.25) is 19.6 Å². The molecule has 240 valence electrons. The average Bonchev–Trinajstić information content (AvgIpc) is 3.67. The number of nitro groups is 1. The number of aryl methyl sites for hydroxylation is 1. The Kier molecular flexibility index (Phi) is 8.88. The Labute approximate surface area is 281 Å². The fourth-order valence-electron chi connectivity index (χ4n) is 7.32. The van der Waals surface area contributed by atoms with Gasteiger partial charge in [-0.2, -0.15) is 0 Å². The maximum atomic E-state index is 14.6. The molecule has 1 aromatic heterocycles. The Bertz CT molecular complexity index is 1760. The highest BCUT2D eigenvalue weighted by Crippen LogP contribution is 2.60. The van der Waals surface area contributed by atoms with Crippen LogP contribution >= 0.6 is 22.6 Å². The molecule has 11 nitrogen and oxygen atoms in total. The van der Waals surface area contributed by atoms with E-state index in [0.717, 1.165) is 14.7 Å². The minimum Gasteiger partial charge on any atom is -0.432 e. The summed E-state index contributed by atoms with van der Waals surface area (Å²) in [6.45, 7) is 6.18. The topological polar surface area (TPSA) is 144 Å². The van der Waals surface area contributed by atoms with Gasteiger partial charge in [0.05, 0.1) is 41.5 Å². The van der Waals surface area contributed by atoms with E-state index in [1.165, 1.54) is 12.1 Å². The molecule has 1 unspecified atom stereocenters. The Morgan fingerprint density at radius 2 is 1.89 bits per heavy atom. The van der Waals surface area contributed by atoms with Gasteiger partial charge in [0, 0.05) is 45.5 Å². The highest BCUT2D eigenvalue weighted by atomic mass is 127. The molecule has 0 bridgehead atoms. The van der Waals surface area contributed by atoms with Crippen molar-refractivity contribution >= 4 is 48.2 Å². The third-order valence-electron chi connectivity index (χ3n) is 9.35. The highest BCUT2D eigenvalue weighted by molar-refractivity contribution is 14.1. The number of hydrogen-bond acceptors (Lipinski definition) is 8. The molecule has 1 spiro atoms. The number of non-ortho nitro benzene ring substituents is 1. The molecular weight excluding hydrogens is 717 g/mol. The summed E-state index contributed by atoms with van der Waals surface area (Å²) in [6, 6.07) is 22.0. The van der Waals surface area contributed by atoms with E-state index >= 15 is 0 Å². The number of fused-ring (bicyclic) bond motifs is 2. The van der Waals surface area contributed by atoms with Crippen molar-refractivity contribution < 1.29 is 24.4 Å². The van der Waals surface area contributed by atoms with Crippen molar-refractivity contribution in [3.8, 4) is 0 Å². The highest BCUT2D eigenvalue weighted by Gasteiger charge is 2.66. The number of carbonyl (C=O) groups excluding carboxylic acids is 1. The molecule has 0 radical (unpaired) electrons. The molecule has 1 fully saturated rings. The lowest BCUT2D eigenvalue weighted by atomic mass is 9.82. The smallest absolute Gasteiger partial charge is 0.269 e. The van der Waals surface area contributed by atoms with Crippen molar-refractivity contribution in [2.24, 2.45) is 5.92 Å². The van der Waals surface area contributed by atoms with E-state index in [1.54, 1.807) is 21.8 Å². The second-order valence-corrected chi connectivity index (χ2v) is 17.9. The number of ether oxygens (including phenoxy) is 1. The number of nitrogens with zero attached hydrogens (tertiary/aromatic N) is 5. The number of hydrogen-bond donors (Lipinski definition) is 2. The van der Waals surface area contributed by atoms with Crippen LogP contribution in [0.3, 0.4) is 0 Å². The van der Waals surface area contributed by atoms with Crippen LogP contribution in [0.2, 0.25) is 18.6 Å². The third-order valence-corrected chi connectivity index (χ3v) is 12.5. The van der Waals surface area contributed by atoms with Crippen LogP contribution in [0, 0.1) is 19.6 Å². The number of nitro benzene ring substituents is 1. The van der Waals surface area contributed by atoms with Crippen molar-refractivity contribution in [2.45, 2.75) is 62.7 Å². The predicted molar refractivity (Wildman–Crippen MR) is 183 cm³/mol. The largest absolute Gasteiger partial charge is 0.432 e. The molecule has 0 aliphatic carbocycles. The number of amides is 1. The van der Waals surface area contributed by atoms with E-state index in [1.807, 2.05) is 74.6 Å². The van der Waals surface area contributed by atoms with Gasteiger partial charge in [-0.1, -0.05) is 54.6 Å². The molecule has 2 N–H and O–H groups in total. The zero-order chi connectivity index (χ0) is 32.8. The zero-order valence-electron chi connectivity index (χ0n) is 25.8. The molecule has 1 amide bonds. The molecule has 13 heteroatoms. The lowest BCUT2D eigenvalue weighted by Crippen LogP contribution is -2.46. The third kappa shape index (κ3) is 5.79. The van der Waals surface area contributed by atoms with E-state index in [2.05, 4.69) is 32.9 Å². The quantitative estimate of drug-likeness (QED) is 0.0956. The van der Waals surface area contributed by atoms with Gasteiger partial charge in [0.15, 0.2) is 13.9 Å². The normalized spacial score (nSPS) is 23.2. The van der Waals surface area contributed by atoms with Crippen LogP contribution < -0.4 is 4.90 Å². The summed E-state index contributed by atoms with van der Waals surface area (Å²) >= 11 is 2.23. The minimum atomic E-state index is -2.94. The molecule has 1 saturated heterocycles. The Balaban J connectivity index is 1.33. The summed E-state index contributed by atoms with van der Waals surface area (Å²) in [6.07, 6.45) is 1.71. The van der Waals surface area contributed by atoms with Gasteiger partial charge < -0.3 is 19.5 Å². The number of halogens is 1. The Morgan fingerprint density at radius 1 is 1.13 bits per heavy atom. The number of aliphatic hydroxyl groups is 1. The SMILES string of the molecule is C[C@@H]1[C@@H]([Si](C)(C)O)[C@H](CCn2cc(C(CO)c3ccccc3)nn2)O[C@@]12C(=O)N(Cc1cccc(I)c1)c1ccc([N+](=O)[O-])cc12. The second kappa shape index (κ2) is 12.6. The fourth-order valence-corrected chi connectivity index (χ4v) is 10.5. The number of aliphatic hydroxyl groups excluding tert-OH is 1. The van der Waals surface area contributed by atoms with Gasteiger partial charge in [0.1, 0.15) is 0 Å². The Morgan fingerprint density at radius 3 is 2.57 bits per heavy atom. The summed E-state index contributed by atoms with van der Waals surface area (Å²) < 4.78 is 9.58. The minimum absolute atomic E-state index is 0.118. The zero-order valence-corrected chi connectivity index (χ0v) is 28.9. The van der Waals surface area contributed by atoms with Crippen molar-refractivity contribution in [3.63, 3.8) is 0 Å². The van der Waals surface area contributed by atoms with Crippen LogP contribution in [0.15, 0.2) is 79.0 Å². The number of rotatable bonds is 10. The fraction of sp³-hybridized carbons (Fsp3) is 0.364. The van der Waals surface area contributed by atoms with Gasteiger partial charge in [0.2, 0.25) is 0 Å². The molecule has 5 atom stereocenters. The van der Waals surface area contributed by atoms with Gasteiger partial charge in [-0.25, -0.2) is 0 Å². The summed E-state index contributed by atoms with van der Waals surface area (Å²) in [4.78, 5) is 39.3. The first-order valence-electron chi connectivity index (χ1n) is 15.3. The van der Waals surface area contributed by atoms with Crippen LogP contribution in [0.1, 0.15) is 41.6 Å². The lowest BCUT2D eigenvalue weighted by molar-refractivity contribution is -0.385. The monoisotopic (exact) mass is 753 g/mol. The molecule has 3 aromatic carbocycles. The van der Waals surface area contributed by atoms with Crippen molar-refractivity contribution in [1.82, 2.24) is 15.0 Å². The Hall–Kier alpha value is -3.50. The van der Waals surface area contributed by atoms with Crippen LogP contribution in [-0.4, -0.2) is 56.8 Å². The first kappa shape index (κ1) is 32.4. The first-order valence-corrected chi connectivity index (χ1v) is 19.4. The van der Waals surface area contributed by atoms with Crippen LogP contribution in [0.5, 0.6) is 0 Å². The maximum Gasteiger partial charge on any atom is 0.269 e. The summed E-state index contributed by atoms with van der Waals surface area (Å²) in [5.74, 6) is -1.06. The molecular formula is C33H36IN5O6Si. The van der Waals surface area contributed by atoms with Gasteiger partial charge in [-0.05, 0) is 71.4 Å². The molecule has 4 aromatic rings. The van der Waals surface area contributed by atoms with E-state index in [-0.39, 0.29) is 36.2 Å². The first-order chi connectivity index (χ1) is 21.9. The summed E-state index contributed by atoms with van der Waals surface area (Å²) in [7, 11) is -2.94. The number of carbonyl (C=O) groups is 1. The van der Waals surface area contributed by atoms with Gasteiger partial charge >= 0.3 is 0 Å². The molecule has 6 rings (SSSR count). The van der Waals surface area contributed by atoms with E-state index < -0.39 is 30.9 Å². The standard InChI is InChI=1S/C33H36IN5O6Si/c1-21-31(46(2,3)44)30(14-15-37-19-28(35-36-37)26(20-40)23-9-5-4-6-10-23)45-33(21)27-17-25(39(42)43)12-13-29(27)38(32(33)41)18-22-8-7-11-24(34)16-22/h4-13,16-17,19,21,26,30-31,40,44H,14-15,18,20H2,1-3H3/t21-,26?,30+,31-,33+/m1/s1. The molecule has 2 aliphatic heterocycles. The number of aromatic nitrogens is 3. The number of anilines is 1. The average molecular weight is 754 g/mol. The summed E-state index contributed by atoms with van der Waals surface area (Å²) in [5, 5.41) is 30.6. The second-order valence-electron chi connectivity index (χ2n) is 12.7. The van der Waals surface area contributed by atoms with Crippen molar-refractivity contribution in [3.05, 3.63) is 115 Å². The van der Waals surface area contributed by atoms with Gasteiger partial charge in [-0.15, -0.1) is 5.10 Å². The van der Waals surface area contributed by atoms with Crippen LogP contribution in [0.25, 0.3) is 0 Å². The van der Waals surface area contributed by atoms with Crippen LogP contribution in [0.4, 0.5) is 11.4 Å². The molecule has 0 saturated carbocycles. The lowest BCUT2D eigenvalue weighted by Gasteiger charge is -2.32. The van der Waals surface area contributed by atoms with Gasteiger partial charge in [0.25, 0.3) is 11.6 Å². The van der Waals surface area contributed by atoms with E-state index in [0.29, 0.717) is 29.9 Å². The van der Waals surface area contributed by atoms with Crippen molar-refractivity contribution in [2.75, 3.05) is 11.5 Å².